The molecule has 0 saturated carbocycles. The number of hydrogen-bond donors (Lipinski definition) is 2. The summed E-state index contributed by atoms with van der Waals surface area (Å²) in [5.41, 5.74) is 7.30. The summed E-state index contributed by atoms with van der Waals surface area (Å²) >= 11 is 0. The van der Waals surface area contributed by atoms with E-state index in [9.17, 15) is 4.79 Å². The van der Waals surface area contributed by atoms with Crippen molar-refractivity contribution in [2.24, 2.45) is 0 Å². The Morgan fingerprint density at radius 3 is 2.64 bits per heavy atom. The number of benzene rings is 1. The fraction of sp³-hybridized carbons (Fsp3) is 0.562. The Labute approximate surface area is 131 Å². The molecular formula is C16H26N2O4. The number of amides is 1. The minimum absolute atomic E-state index is 0.000361. The first-order chi connectivity index (χ1) is 10.6. The van der Waals surface area contributed by atoms with Gasteiger partial charge in [-0.05, 0) is 26.3 Å². The van der Waals surface area contributed by atoms with E-state index in [4.69, 9.17) is 20.3 Å². The van der Waals surface area contributed by atoms with Crippen LogP contribution in [0.15, 0.2) is 12.1 Å². The Hall–Kier alpha value is -1.95. The van der Waals surface area contributed by atoms with Gasteiger partial charge in [0.25, 0.3) is 0 Å². The molecule has 0 aliphatic heterocycles. The van der Waals surface area contributed by atoms with E-state index in [-0.39, 0.29) is 12.5 Å². The lowest BCUT2D eigenvalue weighted by Crippen LogP contribution is -2.33. The van der Waals surface area contributed by atoms with Crippen LogP contribution in [0.1, 0.15) is 25.8 Å². The van der Waals surface area contributed by atoms with Crippen LogP contribution >= 0.6 is 0 Å². The van der Waals surface area contributed by atoms with Gasteiger partial charge in [0.05, 0.1) is 20.3 Å². The van der Waals surface area contributed by atoms with Gasteiger partial charge in [-0.2, -0.15) is 0 Å². The van der Waals surface area contributed by atoms with Crippen LogP contribution < -0.4 is 15.2 Å². The predicted octanol–water partition coefficient (Wildman–Crippen LogP) is 1.45. The molecule has 0 fully saturated rings. The maximum atomic E-state index is 12.2. The smallest absolute Gasteiger partial charge is 0.222 e. The van der Waals surface area contributed by atoms with Crippen LogP contribution in [0.5, 0.6) is 11.5 Å². The molecule has 3 N–H and O–H groups in total. The van der Waals surface area contributed by atoms with E-state index in [1.807, 2.05) is 19.9 Å². The molecule has 1 aromatic carbocycles. The Balaban J connectivity index is 2.88. The molecule has 6 nitrogen and oxygen atoms in total. The summed E-state index contributed by atoms with van der Waals surface area (Å²) < 4.78 is 10.9. The van der Waals surface area contributed by atoms with E-state index in [1.54, 1.807) is 18.1 Å². The lowest BCUT2D eigenvalue weighted by molar-refractivity contribution is -0.131. The highest BCUT2D eigenvalue weighted by Gasteiger charge is 2.16. The van der Waals surface area contributed by atoms with Crippen LogP contribution in [0.2, 0.25) is 0 Å². The number of nitrogens with zero attached hydrogens (tertiary/aromatic N) is 1. The predicted molar refractivity (Wildman–Crippen MR) is 86.2 cm³/mol. The highest BCUT2D eigenvalue weighted by molar-refractivity contribution is 5.76. The van der Waals surface area contributed by atoms with Gasteiger partial charge >= 0.3 is 0 Å². The molecule has 0 spiro atoms. The molecule has 0 radical (unpaired) electrons. The molecule has 0 aliphatic carbocycles. The molecule has 124 valence electrons. The van der Waals surface area contributed by atoms with Gasteiger partial charge in [0.1, 0.15) is 0 Å². The van der Waals surface area contributed by atoms with Crippen molar-refractivity contribution in [3.05, 3.63) is 17.7 Å². The Bertz CT molecular complexity index is 491. The van der Waals surface area contributed by atoms with Gasteiger partial charge in [-0.3, -0.25) is 4.79 Å². The third-order valence-electron chi connectivity index (χ3n) is 3.38. The van der Waals surface area contributed by atoms with E-state index in [0.717, 1.165) is 5.56 Å². The summed E-state index contributed by atoms with van der Waals surface area (Å²) in [4.78, 5) is 13.8. The SMILES string of the molecule is CCOc1c(CCC(=O)N(CC)CCO)cc(N)cc1OC. The highest BCUT2D eigenvalue weighted by atomic mass is 16.5. The zero-order chi connectivity index (χ0) is 16.5. The Kier molecular flexibility index (Phi) is 7.52. The van der Waals surface area contributed by atoms with Crippen molar-refractivity contribution in [2.75, 3.05) is 39.1 Å². The summed E-state index contributed by atoms with van der Waals surface area (Å²) in [7, 11) is 1.56. The second-order valence-electron chi connectivity index (χ2n) is 4.84. The average molecular weight is 310 g/mol. The van der Waals surface area contributed by atoms with Crippen LogP contribution in [0, 0.1) is 0 Å². The monoisotopic (exact) mass is 310 g/mol. The molecule has 0 saturated heterocycles. The molecule has 0 aromatic heterocycles. The molecule has 0 bridgehead atoms. The van der Waals surface area contributed by atoms with Gasteiger partial charge in [0, 0.05) is 36.8 Å². The summed E-state index contributed by atoms with van der Waals surface area (Å²) in [5, 5.41) is 8.97. The van der Waals surface area contributed by atoms with Gasteiger partial charge < -0.3 is 25.2 Å². The molecule has 0 unspecified atom stereocenters. The van der Waals surface area contributed by atoms with Gasteiger partial charge in [-0.25, -0.2) is 0 Å². The number of aliphatic hydroxyl groups is 1. The lowest BCUT2D eigenvalue weighted by Gasteiger charge is -2.20. The lowest BCUT2D eigenvalue weighted by atomic mass is 10.1. The standard InChI is InChI=1S/C16H26N2O4/c1-4-18(8-9-19)15(20)7-6-12-10-13(17)11-14(21-3)16(12)22-5-2/h10-11,19H,4-9,17H2,1-3H3. The van der Waals surface area contributed by atoms with Crippen molar-refractivity contribution >= 4 is 11.6 Å². The molecular weight excluding hydrogens is 284 g/mol. The summed E-state index contributed by atoms with van der Waals surface area (Å²) in [6, 6.07) is 3.52. The number of carbonyl (C=O) groups excluding carboxylic acids is 1. The number of nitrogens with two attached hydrogens (primary N) is 1. The minimum Gasteiger partial charge on any atom is -0.493 e. The number of carbonyl (C=O) groups is 1. The van der Waals surface area contributed by atoms with E-state index in [1.165, 1.54) is 0 Å². The molecule has 1 amide bonds. The molecule has 6 heteroatoms. The van der Waals surface area contributed by atoms with Crippen molar-refractivity contribution in [3.8, 4) is 11.5 Å². The summed E-state index contributed by atoms with van der Waals surface area (Å²) in [5.74, 6) is 1.21. The molecule has 0 heterocycles. The highest BCUT2D eigenvalue weighted by Crippen LogP contribution is 2.34. The van der Waals surface area contributed by atoms with Crippen molar-refractivity contribution in [3.63, 3.8) is 0 Å². The number of nitrogen functional groups attached to an aromatic ring is 1. The first-order valence-corrected chi connectivity index (χ1v) is 7.55. The zero-order valence-corrected chi connectivity index (χ0v) is 13.6. The van der Waals surface area contributed by atoms with Crippen LogP contribution in [-0.2, 0) is 11.2 Å². The topological polar surface area (TPSA) is 85.0 Å². The van der Waals surface area contributed by atoms with E-state index in [2.05, 4.69) is 0 Å². The van der Waals surface area contributed by atoms with E-state index in [0.29, 0.717) is 49.7 Å². The van der Waals surface area contributed by atoms with Crippen LogP contribution in [0.4, 0.5) is 5.69 Å². The molecule has 22 heavy (non-hydrogen) atoms. The van der Waals surface area contributed by atoms with Crippen molar-refractivity contribution in [1.29, 1.82) is 0 Å². The zero-order valence-electron chi connectivity index (χ0n) is 13.6. The molecule has 1 rings (SSSR count). The number of methoxy groups -OCH3 is 1. The number of hydrogen-bond acceptors (Lipinski definition) is 5. The largest absolute Gasteiger partial charge is 0.493 e. The minimum atomic E-state index is -0.0319. The van der Waals surface area contributed by atoms with E-state index < -0.39 is 0 Å². The number of rotatable bonds is 9. The van der Waals surface area contributed by atoms with Gasteiger partial charge in [-0.15, -0.1) is 0 Å². The Morgan fingerprint density at radius 1 is 1.36 bits per heavy atom. The van der Waals surface area contributed by atoms with Crippen LogP contribution in [-0.4, -0.2) is 49.3 Å². The van der Waals surface area contributed by atoms with Gasteiger partial charge in [-0.1, -0.05) is 0 Å². The summed E-state index contributed by atoms with van der Waals surface area (Å²) in [6.07, 6.45) is 0.845. The van der Waals surface area contributed by atoms with Crippen molar-refractivity contribution in [1.82, 2.24) is 4.90 Å². The normalized spacial score (nSPS) is 10.4. The molecule has 0 atom stereocenters. The second kappa shape index (κ2) is 9.15. The number of likely N-dealkylation sites (N-methyl/N-ethyl adjacent to an activating group) is 1. The number of aryl methyl sites for hydroxylation is 1. The van der Waals surface area contributed by atoms with Gasteiger partial charge in [0.2, 0.25) is 5.91 Å². The fourth-order valence-corrected chi connectivity index (χ4v) is 2.31. The summed E-state index contributed by atoms with van der Waals surface area (Å²) in [6.45, 7) is 5.20. The third kappa shape index (κ3) is 4.80. The quantitative estimate of drug-likeness (QED) is 0.674. The van der Waals surface area contributed by atoms with Crippen LogP contribution in [0.25, 0.3) is 0 Å². The fourth-order valence-electron chi connectivity index (χ4n) is 2.31. The molecule has 0 aliphatic rings. The second-order valence-corrected chi connectivity index (χ2v) is 4.84. The van der Waals surface area contributed by atoms with E-state index >= 15 is 0 Å². The van der Waals surface area contributed by atoms with Crippen LogP contribution in [0.3, 0.4) is 0 Å². The number of anilines is 1. The average Bonchev–Trinajstić information content (AvgIpc) is 2.51. The van der Waals surface area contributed by atoms with Gasteiger partial charge in [0.15, 0.2) is 11.5 Å². The first-order valence-electron chi connectivity index (χ1n) is 7.55. The van der Waals surface area contributed by atoms with Crippen molar-refractivity contribution in [2.45, 2.75) is 26.7 Å². The maximum absolute atomic E-state index is 12.2. The number of aliphatic hydroxyl groups excluding tert-OH is 1. The van der Waals surface area contributed by atoms with Crippen molar-refractivity contribution < 1.29 is 19.4 Å². The molecule has 1 aromatic rings. The Morgan fingerprint density at radius 2 is 2.09 bits per heavy atom. The third-order valence-corrected chi connectivity index (χ3v) is 3.38. The number of ether oxygens (including phenoxy) is 2. The first kappa shape index (κ1) is 18.1. The maximum Gasteiger partial charge on any atom is 0.222 e.